The predicted molar refractivity (Wildman–Crippen MR) is 78.3 cm³/mol. The lowest BCUT2D eigenvalue weighted by Gasteiger charge is -2.07. The van der Waals surface area contributed by atoms with Crippen LogP contribution in [0.15, 0.2) is 42.7 Å². The number of nitrogens with two attached hydrogens (primary N) is 1. The summed E-state index contributed by atoms with van der Waals surface area (Å²) in [6, 6.07) is 8.73. The minimum absolute atomic E-state index is 0.0557. The molecular formula is C13H18N4O2S. The molecule has 108 valence electrons. The van der Waals surface area contributed by atoms with Crippen molar-refractivity contribution < 1.29 is 8.42 Å². The summed E-state index contributed by atoms with van der Waals surface area (Å²) >= 11 is 0. The lowest BCUT2D eigenvalue weighted by Crippen LogP contribution is -2.27. The Morgan fingerprint density at radius 3 is 2.85 bits per heavy atom. The van der Waals surface area contributed by atoms with Gasteiger partial charge < -0.3 is 5.73 Å². The van der Waals surface area contributed by atoms with Gasteiger partial charge in [0.05, 0.1) is 5.75 Å². The third kappa shape index (κ3) is 4.67. The summed E-state index contributed by atoms with van der Waals surface area (Å²) < 4.78 is 28.1. The molecule has 1 heterocycles. The van der Waals surface area contributed by atoms with Crippen molar-refractivity contribution in [1.82, 2.24) is 14.5 Å². The molecule has 3 N–H and O–H groups in total. The summed E-state index contributed by atoms with van der Waals surface area (Å²) in [6.07, 6.45) is 4.24. The van der Waals surface area contributed by atoms with Crippen LogP contribution in [0.2, 0.25) is 0 Å². The van der Waals surface area contributed by atoms with E-state index in [2.05, 4.69) is 9.82 Å². The van der Waals surface area contributed by atoms with Crippen LogP contribution in [0.3, 0.4) is 0 Å². The molecule has 20 heavy (non-hydrogen) atoms. The molecule has 0 spiro atoms. The van der Waals surface area contributed by atoms with Gasteiger partial charge in [0.2, 0.25) is 10.0 Å². The standard InChI is InChI=1S/C13H18N4O2S/c14-13-5-1-4-12(10-13)11-20(18,19)16-7-3-9-17-8-2-6-15-17/h1-2,4-6,8,10,16H,3,7,9,11,14H2. The molecule has 0 bridgehead atoms. The van der Waals surface area contributed by atoms with Crippen molar-refractivity contribution in [2.45, 2.75) is 18.7 Å². The van der Waals surface area contributed by atoms with Crippen molar-refractivity contribution in [2.75, 3.05) is 12.3 Å². The molecule has 0 saturated carbocycles. The minimum Gasteiger partial charge on any atom is -0.399 e. The Balaban J connectivity index is 1.79. The van der Waals surface area contributed by atoms with E-state index in [9.17, 15) is 8.42 Å². The third-order valence-electron chi connectivity index (χ3n) is 2.75. The molecule has 1 aromatic heterocycles. The van der Waals surface area contributed by atoms with Crippen molar-refractivity contribution in [3.8, 4) is 0 Å². The second kappa shape index (κ2) is 6.53. The first kappa shape index (κ1) is 14.5. The van der Waals surface area contributed by atoms with Crippen LogP contribution in [0.5, 0.6) is 0 Å². The molecule has 7 heteroatoms. The summed E-state index contributed by atoms with van der Waals surface area (Å²) in [7, 11) is -3.33. The van der Waals surface area contributed by atoms with Gasteiger partial charge in [-0.05, 0) is 30.2 Å². The maximum Gasteiger partial charge on any atom is 0.215 e. The van der Waals surface area contributed by atoms with Crippen LogP contribution in [0.25, 0.3) is 0 Å². The van der Waals surface area contributed by atoms with Crippen LogP contribution in [-0.2, 0) is 22.3 Å². The topological polar surface area (TPSA) is 90.0 Å². The summed E-state index contributed by atoms with van der Waals surface area (Å²) in [5, 5.41) is 4.05. The van der Waals surface area contributed by atoms with E-state index in [1.807, 2.05) is 12.3 Å². The molecule has 0 unspecified atom stereocenters. The van der Waals surface area contributed by atoms with E-state index in [-0.39, 0.29) is 5.75 Å². The molecule has 2 rings (SSSR count). The Morgan fingerprint density at radius 2 is 2.15 bits per heavy atom. The van der Waals surface area contributed by atoms with Crippen LogP contribution in [0.1, 0.15) is 12.0 Å². The average Bonchev–Trinajstić information content (AvgIpc) is 2.87. The summed E-state index contributed by atoms with van der Waals surface area (Å²) in [5.74, 6) is -0.0557. The number of sulfonamides is 1. The monoisotopic (exact) mass is 294 g/mol. The van der Waals surface area contributed by atoms with E-state index in [1.165, 1.54) is 0 Å². The Morgan fingerprint density at radius 1 is 1.30 bits per heavy atom. The zero-order valence-electron chi connectivity index (χ0n) is 11.1. The second-order valence-electron chi connectivity index (χ2n) is 4.52. The maximum absolute atomic E-state index is 11.9. The molecule has 0 aliphatic carbocycles. The number of anilines is 1. The first-order valence-electron chi connectivity index (χ1n) is 6.34. The number of hydrogen-bond donors (Lipinski definition) is 2. The number of nitrogen functional groups attached to an aromatic ring is 1. The van der Waals surface area contributed by atoms with E-state index in [4.69, 9.17) is 5.73 Å². The molecule has 0 saturated heterocycles. The summed E-state index contributed by atoms with van der Waals surface area (Å²) in [6.45, 7) is 1.08. The number of rotatable bonds is 7. The van der Waals surface area contributed by atoms with E-state index < -0.39 is 10.0 Å². The lowest BCUT2D eigenvalue weighted by molar-refractivity contribution is 0.552. The van der Waals surface area contributed by atoms with Crippen molar-refractivity contribution in [2.24, 2.45) is 0 Å². The highest BCUT2D eigenvalue weighted by atomic mass is 32.2. The third-order valence-corrected chi connectivity index (χ3v) is 4.11. The Hall–Kier alpha value is -1.86. The van der Waals surface area contributed by atoms with Crippen LogP contribution in [0.4, 0.5) is 5.69 Å². The molecule has 0 fully saturated rings. The predicted octanol–water partition coefficient (Wildman–Crippen LogP) is 0.975. The van der Waals surface area contributed by atoms with Gasteiger partial charge in [-0.25, -0.2) is 13.1 Å². The quantitative estimate of drug-likeness (QED) is 0.588. The molecule has 0 radical (unpaired) electrons. The molecule has 2 aromatic rings. The SMILES string of the molecule is Nc1cccc(CS(=O)(=O)NCCCn2cccn2)c1. The zero-order valence-corrected chi connectivity index (χ0v) is 11.9. The molecule has 1 aromatic carbocycles. The van der Waals surface area contributed by atoms with Crippen LogP contribution >= 0.6 is 0 Å². The summed E-state index contributed by atoms with van der Waals surface area (Å²) in [4.78, 5) is 0. The van der Waals surface area contributed by atoms with E-state index in [0.29, 0.717) is 30.8 Å². The number of nitrogens with zero attached hydrogens (tertiary/aromatic N) is 2. The van der Waals surface area contributed by atoms with Gasteiger partial charge in [0.1, 0.15) is 0 Å². The van der Waals surface area contributed by atoms with Crippen LogP contribution in [-0.4, -0.2) is 24.7 Å². The average molecular weight is 294 g/mol. The van der Waals surface area contributed by atoms with Gasteiger partial charge >= 0.3 is 0 Å². The molecule has 0 aliphatic heterocycles. The molecule has 6 nitrogen and oxygen atoms in total. The van der Waals surface area contributed by atoms with Crippen molar-refractivity contribution >= 4 is 15.7 Å². The van der Waals surface area contributed by atoms with Gasteiger partial charge in [0, 0.05) is 31.2 Å². The number of aromatic nitrogens is 2. The molecule has 0 aliphatic rings. The van der Waals surface area contributed by atoms with Gasteiger partial charge in [0.15, 0.2) is 0 Å². The fraction of sp³-hybridized carbons (Fsp3) is 0.308. The molecule has 0 amide bonds. The minimum atomic E-state index is -3.33. The van der Waals surface area contributed by atoms with Gasteiger partial charge in [-0.3, -0.25) is 4.68 Å². The number of aryl methyl sites for hydroxylation is 1. The van der Waals surface area contributed by atoms with Crippen LogP contribution < -0.4 is 10.5 Å². The highest BCUT2D eigenvalue weighted by molar-refractivity contribution is 7.88. The fourth-order valence-corrected chi connectivity index (χ4v) is 3.03. The van der Waals surface area contributed by atoms with Crippen molar-refractivity contribution in [3.63, 3.8) is 0 Å². The molecule has 0 atom stereocenters. The number of hydrogen-bond acceptors (Lipinski definition) is 4. The van der Waals surface area contributed by atoms with Crippen LogP contribution in [0, 0.1) is 0 Å². The van der Waals surface area contributed by atoms with Gasteiger partial charge in [-0.15, -0.1) is 0 Å². The van der Waals surface area contributed by atoms with Gasteiger partial charge in [0.25, 0.3) is 0 Å². The number of nitrogens with one attached hydrogen (secondary N) is 1. The van der Waals surface area contributed by atoms with E-state index in [1.54, 1.807) is 35.1 Å². The summed E-state index contributed by atoms with van der Waals surface area (Å²) in [5.41, 5.74) is 6.88. The Bertz CT molecular complexity index is 638. The van der Waals surface area contributed by atoms with E-state index >= 15 is 0 Å². The van der Waals surface area contributed by atoms with Gasteiger partial charge in [-0.2, -0.15) is 5.10 Å². The van der Waals surface area contributed by atoms with E-state index in [0.717, 1.165) is 0 Å². The largest absolute Gasteiger partial charge is 0.399 e. The fourth-order valence-electron chi connectivity index (χ4n) is 1.85. The lowest BCUT2D eigenvalue weighted by atomic mass is 10.2. The highest BCUT2D eigenvalue weighted by Gasteiger charge is 2.10. The second-order valence-corrected chi connectivity index (χ2v) is 6.33. The normalized spacial score (nSPS) is 11.6. The van der Waals surface area contributed by atoms with Gasteiger partial charge in [-0.1, -0.05) is 12.1 Å². The number of benzene rings is 1. The Kier molecular flexibility index (Phi) is 4.75. The Labute approximate surface area is 118 Å². The molecular weight excluding hydrogens is 276 g/mol. The van der Waals surface area contributed by atoms with Crippen molar-refractivity contribution in [3.05, 3.63) is 48.3 Å². The first-order chi connectivity index (χ1) is 9.55. The maximum atomic E-state index is 11.9. The van der Waals surface area contributed by atoms with Crippen molar-refractivity contribution in [1.29, 1.82) is 0 Å². The first-order valence-corrected chi connectivity index (χ1v) is 7.99. The smallest absolute Gasteiger partial charge is 0.215 e. The zero-order chi connectivity index (χ0) is 14.4. The highest BCUT2D eigenvalue weighted by Crippen LogP contribution is 2.09.